The molecule has 0 aliphatic rings. The SMILES string of the molecule is CCCCCC(OCCCN)OCCCN. The van der Waals surface area contributed by atoms with Crippen LogP contribution in [0.3, 0.4) is 0 Å². The Labute approximate surface area is 99.7 Å². The molecule has 0 spiro atoms. The molecule has 98 valence electrons. The minimum atomic E-state index is -0.0651. The number of hydrogen-bond donors (Lipinski definition) is 2. The quantitative estimate of drug-likeness (QED) is 0.396. The predicted octanol–water partition coefficient (Wildman–Crippen LogP) is 1.62. The Balaban J connectivity index is 3.58. The smallest absolute Gasteiger partial charge is 0.157 e. The molecule has 0 radical (unpaired) electrons. The Kier molecular flexibility index (Phi) is 12.8. The fourth-order valence-electron chi connectivity index (χ4n) is 1.37. The zero-order chi connectivity index (χ0) is 12.1. The van der Waals surface area contributed by atoms with Gasteiger partial charge in [0, 0.05) is 0 Å². The highest BCUT2D eigenvalue weighted by atomic mass is 16.7. The van der Waals surface area contributed by atoms with Crippen molar-refractivity contribution in [3.8, 4) is 0 Å². The summed E-state index contributed by atoms with van der Waals surface area (Å²) < 4.78 is 11.3. The van der Waals surface area contributed by atoms with Gasteiger partial charge in [0.1, 0.15) is 0 Å². The molecule has 4 nitrogen and oxygen atoms in total. The number of ether oxygens (including phenoxy) is 2. The van der Waals surface area contributed by atoms with Gasteiger partial charge in [0.2, 0.25) is 0 Å². The summed E-state index contributed by atoms with van der Waals surface area (Å²) in [7, 11) is 0. The number of hydrogen-bond acceptors (Lipinski definition) is 4. The molecule has 0 saturated carbocycles. The van der Waals surface area contributed by atoms with Crippen molar-refractivity contribution in [2.24, 2.45) is 11.5 Å². The molecule has 0 bridgehead atoms. The lowest BCUT2D eigenvalue weighted by atomic mass is 10.2. The molecule has 0 aromatic carbocycles. The number of rotatable bonds is 12. The molecule has 4 N–H and O–H groups in total. The molecule has 4 heteroatoms. The Hall–Kier alpha value is -0.160. The van der Waals surface area contributed by atoms with Gasteiger partial charge in [0.25, 0.3) is 0 Å². The largest absolute Gasteiger partial charge is 0.353 e. The first-order valence-corrected chi connectivity index (χ1v) is 6.48. The Bertz CT molecular complexity index is 110. The fraction of sp³-hybridized carbons (Fsp3) is 1.00. The van der Waals surface area contributed by atoms with E-state index >= 15 is 0 Å². The van der Waals surface area contributed by atoms with Crippen LogP contribution in [0.5, 0.6) is 0 Å². The number of unbranched alkanes of at least 4 members (excludes halogenated alkanes) is 2. The summed E-state index contributed by atoms with van der Waals surface area (Å²) in [6.45, 7) is 4.92. The van der Waals surface area contributed by atoms with Gasteiger partial charge in [-0.1, -0.05) is 19.8 Å². The van der Waals surface area contributed by atoms with Gasteiger partial charge in [0.05, 0.1) is 13.2 Å². The van der Waals surface area contributed by atoms with E-state index in [1.807, 2.05) is 0 Å². The molecule has 0 saturated heterocycles. The maximum absolute atomic E-state index is 5.63. The van der Waals surface area contributed by atoms with E-state index < -0.39 is 0 Å². The van der Waals surface area contributed by atoms with Crippen molar-refractivity contribution in [2.75, 3.05) is 26.3 Å². The van der Waals surface area contributed by atoms with E-state index in [1.54, 1.807) is 0 Å². The molecule has 0 amide bonds. The maximum Gasteiger partial charge on any atom is 0.157 e. The van der Waals surface area contributed by atoms with E-state index in [1.165, 1.54) is 12.8 Å². The average molecular weight is 232 g/mol. The first-order valence-electron chi connectivity index (χ1n) is 6.48. The van der Waals surface area contributed by atoms with Gasteiger partial charge in [-0.15, -0.1) is 0 Å². The van der Waals surface area contributed by atoms with Crippen molar-refractivity contribution in [2.45, 2.75) is 51.7 Å². The standard InChI is InChI=1S/C12H28N2O2/c1-2-3-4-7-12(15-10-5-8-13)16-11-6-9-14/h12H,2-11,13-14H2,1H3. The molecule has 0 aromatic rings. The first kappa shape index (κ1) is 15.8. The summed E-state index contributed by atoms with van der Waals surface area (Å²) in [4.78, 5) is 0. The van der Waals surface area contributed by atoms with Crippen LogP contribution in [0, 0.1) is 0 Å². The molecule has 0 unspecified atom stereocenters. The summed E-state index contributed by atoms with van der Waals surface area (Å²) in [6, 6.07) is 0. The normalized spacial score (nSPS) is 11.2. The Morgan fingerprint density at radius 1 is 0.875 bits per heavy atom. The van der Waals surface area contributed by atoms with Crippen molar-refractivity contribution < 1.29 is 9.47 Å². The third-order valence-electron chi connectivity index (χ3n) is 2.35. The van der Waals surface area contributed by atoms with Gasteiger partial charge >= 0.3 is 0 Å². The van der Waals surface area contributed by atoms with Crippen LogP contribution in [0.15, 0.2) is 0 Å². The van der Waals surface area contributed by atoms with Gasteiger partial charge < -0.3 is 20.9 Å². The summed E-state index contributed by atoms with van der Waals surface area (Å²) in [5.41, 5.74) is 10.8. The van der Waals surface area contributed by atoms with Gasteiger partial charge in [-0.05, 0) is 38.8 Å². The Morgan fingerprint density at radius 2 is 1.44 bits per heavy atom. The van der Waals surface area contributed by atoms with Gasteiger partial charge in [-0.3, -0.25) is 0 Å². The van der Waals surface area contributed by atoms with E-state index in [9.17, 15) is 0 Å². The van der Waals surface area contributed by atoms with E-state index in [-0.39, 0.29) is 6.29 Å². The average Bonchev–Trinajstić information content (AvgIpc) is 2.29. The first-order chi connectivity index (χ1) is 7.85. The third-order valence-corrected chi connectivity index (χ3v) is 2.35. The second kappa shape index (κ2) is 12.9. The van der Waals surface area contributed by atoms with Crippen molar-refractivity contribution in [3.05, 3.63) is 0 Å². The second-order valence-corrected chi connectivity index (χ2v) is 3.95. The highest BCUT2D eigenvalue weighted by Gasteiger charge is 2.08. The maximum atomic E-state index is 5.63. The van der Waals surface area contributed by atoms with E-state index in [0.717, 1.165) is 25.7 Å². The highest BCUT2D eigenvalue weighted by molar-refractivity contribution is 4.49. The molecule has 0 rings (SSSR count). The Morgan fingerprint density at radius 3 is 1.88 bits per heavy atom. The van der Waals surface area contributed by atoms with E-state index in [2.05, 4.69) is 6.92 Å². The zero-order valence-corrected chi connectivity index (χ0v) is 10.6. The third kappa shape index (κ3) is 10.4. The van der Waals surface area contributed by atoms with Gasteiger partial charge in [0.15, 0.2) is 6.29 Å². The number of nitrogens with two attached hydrogens (primary N) is 2. The van der Waals surface area contributed by atoms with E-state index in [0.29, 0.717) is 26.3 Å². The van der Waals surface area contributed by atoms with E-state index in [4.69, 9.17) is 20.9 Å². The summed E-state index contributed by atoms with van der Waals surface area (Å²) in [5.74, 6) is 0. The summed E-state index contributed by atoms with van der Waals surface area (Å²) in [5, 5.41) is 0. The van der Waals surface area contributed by atoms with Gasteiger partial charge in [-0.2, -0.15) is 0 Å². The zero-order valence-electron chi connectivity index (χ0n) is 10.6. The summed E-state index contributed by atoms with van der Waals surface area (Å²) in [6.07, 6.45) is 6.31. The summed E-state index contributed by atoms with van der Waals surface area (Å²) >= 11 is 0. The predicted molar refractivity (Wildman–Crippen MR) is 67.2 cm³/mol. The molecule has 0 aliphatic heterocycles. The molecule has 0 atom stereocenters. The molecular weight excluding hydrogens is 204 g/mol. The van der Waals surface area contributed by atoms with Crippen LogP contribution in [-0.2, 0) is 9.47 Å². The van der Waals surface area contributed by atoms with Crippen LogP contribution in [0.1, 0.15) is 45.4 Å². The lowest BCUT2D eigenvalue weighted by Gasteiger charge is -2.18. The van der Waals surface area contributed by atoms with Crippen molar-refractivity contribution >= 4 is 0 Å². The minimum absolute atomic E-state index is 0.0651. The monoisotopic (exact) mass is 232 g/mol. The molecule has 0 aromatic heterocycles. The van der Waals surface area contributed by atoms with Crippen LogP contribution in [0.25, 0.3) is 0 Å². The minimum Gasteiger partial charge on any atom is -0.353 e. The van der Waals surface area contributed by atoms with Crippen LogP contribution in [0.4, 0.5) is 0 Å². The molecular formula is C12H28N2O2. The van der Waals surface area contributed by atoms with Crippen LogP contribution < -0.4 is 11.5 Å². The lowest BCUT2D eigenvalue weighted by molar-refractivity contribution is -0.146. The molecule has 0 aliphatic carbocycles. The second-order valence-electron chi connectivity index (χ2n) is 3.95. The fourth-order valence-corrected chi connectivity index (χ4v) is 1.37. The van der Waals surface area contributed by atoms with Crippen molar-refractivity contribution in [3.63, 3.8) is 0 Å². The molecule has 0 heterocycles. The van der Waals surface area contributed by atoms with Crippen molar-refractivity contribution in [1.82, 2.24) is 0 Å². The molecule has 16 heavy (non-hydrogen) atoms. The molecule has 0 fully saturated rings. The topological polar surface area (TPSA) is 70.5 Å². The van der Waals surface area contributed by atoms with Crippen molar-refractivity contribution in [1.29, 1.82) is 0 Å². The van der Waals surface area contributed by atoms with Crippen LogP contribution >= 0.6 is 0 Å². The van der Waals surface area contributed by atoms with Crippen LogP contribution in [0.2, 0.25) is 0 Å². The van der Waals surface area contributed by atoms with Crippen LogP contribution in [-0.4, -0.2) is 32.6 Å². The lowest BCUT2D eigenvalue weighted by Crippen LogP contribution is -2.20. The van der Waals surface area contributed by atoms with Gasteiger partial charge in [-0.25, -0.2) is 0 Å². The highest BCUT2D eigenvalue weighted by Crippen LogP contribution is 2.09.